The molecule has 0 spiro atoms. The molecular formula is C50H62. The first-order valence-electron chi connectivity index (χ1n) is 18.6. The molecule has 0 unspecified atom stereocenters. The number of hydrogen-bond donors (Lipinski definition) is 0. The third-order valence-corrected chi connectivity index (χ3v) is 10.2. The maximum atomic E-state index is 2.51. The largest absolute Gasteiger partial charge is 0.0619 e. The van der Waals surface area contributed by atoms with Crippen molar-refractivity contribution in [1.29, 1.82) is 0 Å². The molecule has 0 nitrogen and oxygen atoms in total. The average molecular weight is 663 g/mol. The Morgan fingerprint density at radius 1 is 0.280 bits per heavy atom. The Balaban J connectivity index is 2.04. The maximum absolute atomic E-state index is 2.51. The fraction of sp³-hybridized carbons (Fsp3) is 0.400. The molecule has 0 aliphatic rings. The molecule has 0 aromatic heterocycles. The molecule has 5 aromatic carbocycles. The fourth-order valence-corrected chi connectivity index (χ4v) is 7.14. The molecule has 50 heavy (non-hydrogen) atoms. The van der Waals surface area contributed by atoms with Crippen LogP contribution in [-0.2, 0) is 27.1 Å². The summed E-state index contributed by atoms with van der Waals surface area (Å²) in [6.45, 7) is 35.1. The van der Waals surface area contributed by atoms with E-state index in [1.165, 1.54) is 72.3 Å². The standard InChI is InChI=1S/C50H62/c1-46(2,3)34-28-33(29-35(30-34)47(4,5)6)37-22-16-17-25-40(37)45-41(38-23-18-20-26-43(38)49(10,11)12)31-36(48(7,8)9)32-42(45)39-24-19-21-27-44(39)50(13,14)15/h16-32H,1-15H3. The van der Waals surface area contributed by atoms with Crippen molar-refractivity contribution in [3.8, 4) is 44.5 Å². The molecule has 0 saturated carbocycles. The highest BCUT2D eigenvalue weighted by Crippen LogP contribution is 2.50. The third kappa shape index (κ3) is 7.71. The van der Waals surface area contributed by atoms with Crippen molar-refractivity contribution in [2.45, 2.75) is 131 Å². The van der Waals surface area contributed by atoms with Gasteiger partial charge >= 0.3 is 0 Å². The van der Waals surface area contributed by atoms with Crippen LogP contribution in [0, 0.1) is 0 Å². The van der Waals surface area contributed by atoms with Gasteiger partial charge in [-0.25, -0.2) is 0 Å². The summed E-state index contributed by atoms with van der Waals surface area (Å²) < 4.78 is 0. The zero-order valence-corrected chi connectivity index (χ0v) is 33.8. The van der Waals surface area contributed by atoms with E-state index < -0.39 is 0 Å². The monoisotopic (exact) mass is 662 g/mol. The molecule has 5 rings (SSSR count). The van der Waals surface area contributed by atoms with E-state index >= 15 is 0 Å². The van der Waals surface area contributed by atoms with E-state index in [4.69, 9.17) is 0 Å². The van der Waals surface area contributed by atoms with Crippen LogP contribution in [0.4, 0.5) is 0 Å². The Bertz CT molecular complexity index is 1890. The molecule has 0 N–H and O–H groups in total. The van der Waals surface area contributed by atoms with Gasteiger partial charge < -0.3 is 0 Å². The predicted molar refractivity (Wildman–Crippen MR) is 222 cm³/mol. The van der Waals surface area contributed by atoms with Gasteiger partial charge in [0.1, 0.15) is 0 Å². The van der Waals surface area contributed by atoms with E-state index in [9.17, 15) is 0 Å². The second-order valence-corrected chi connectivity index (χ2v) is 19.6. The van der Waals surface area contributed by atoms with Crippen molar-refractivity contribution in [3.05, 3.63) is 131 Å². The molecule has 0 saturated heterocycles. The van der Waals surface area contributed by atoms with E-state index in [1.54, 1.807) is 0 Å². The number of hydrogen-bond acceptors (Lipinski definition) is 0. The molecule has 0 atom stereocenters. The molecule has 262 valence electrons. The molecule has 0 radical (unpaired) electrons. The van der Waals surface area contributed by atoms with Crippen molar-refractivity contribution in [1.82, 2.24) is 0 Å². The van der Waals surface area contributed by atoms with Gasteiger partial charge in [0, 0.05) is 0 Å². The van der Waals surface area contributed by atoms with Crippen LogP contribution in [0.3, 0.4) is 0 Å². The molecule has 0 heterocycles. The van der Waals surface area contributed by atoms with Gasteiger partial charge in [-0.15, -0.1) is 0 Å². The first kappa shape index (κ1) is 37.4. The molecule has 0 amide bonds. The molecule has 0 aliphatic carbocycles. The van der Waals surface area contributed by atoms with Gasteiger partial charge in [-0.05, 0) is 112 Å². The zero-order valence-electron chi connectivity index (χ0n) is 33.8. The van der Waals surface area contributed by atoms with Crippen molar-refractivity contribution < 1.29 is 0 Å². The smallest absolute Gasteiger partial charge is 0.00202 e. The fourth-order valence-electron chi connectivity index (χ4n) is 7.14. The highest BCUT2D eigenvalue weighted by molar-refractivity contribution is 6.01. The molecule has 0 heteroatoms. The summed E-state index contributed by atoms with van der Waals surface area (Å²) in [5, 5.41) is 0. The quantitative estimate of drug-likeness (QED) is 0.180. The third-order valence-electron chi connectivity index (χ3n) is 10.2. The van der Waals surface area contributed by atoms with Crippen molar-refractivity contribution in [3.63, 3.8) is 0 Å². The van der Waals surface area contributed by atoms with Crippen LogP contribution in [0.15, 0.2) is 103 Å². The van der Waals surface area contributed by atoms with Crippen LogP contribution >= 0.6 is 0 Å². The van der Waals surface area contributed by atoms with Gasteiger partial charge in [-0.2, -0.15) is 0 Å². The SMILES string of the molecule is CC(C)(C)c1cc(-c2ccccc2-c2c(-c3ccccc3C(C)(C)C)cc(C(C)(C)C)cc2-c2ccccc2C(C)(C)C)cc(C(C)(C)C)c1. The highest BCUT2D eigenvalue weighted by Gasteiger charge is 2.29. The van der Waals surface area contributed by atoms with Crippen LogP contribution < -0.4 is 0 Å². The van der Waals surface area contributed by atoms with E-state index in [0.717, 1.165) is 0 Å². The van der Waals surface area contributed by atoms with E-state index in [1.807, 2.05) is 0 Å². The topological polar surface area (TPSA) is 0 Å². The Kier molecular flexibility index (Phi) is 9.72. The summed E-state index contributed by atoms with van der Waals surface area (Å²) >= 11 is 0. The number of rotatable bonds is 4. The van der Waals surface area contributed by atoms with Gasteiger partial charge in [0.25, 0.3) is 0 Å². The van der Waals surface area contributed by atoms with Crippen LogP contribution in [-0.4, -0.2) is 0 Å². The van der Waals surface area contributed by atoms with E-state index in [-0.39, 0.29) is 27.1 Å². The molecular weight excluding hydrogens is 601 g/mol. The van der Waals surface area contributed by atoms with E-state index in [2.05, 4.69) is 207 Å². The first-order valence-corrected chi connectivity index (χ1v) is 18.6. The van der Waals surface area contributed by atoms with Crippen molar-refractivity contribution in [2.75, 3.05) is 0 Å². The maximum Gasteiger partial charge on any atom is -0.00202 e. The van der Waals surface area contributed by atoms with Gasteiger partial charge in [-0.1, -0.05) is 195 Å². The summed E-state index contributed by atoms with van der Waals surface area (Å²) in [7, 11) is 0. The Morgan fingerprint density at radius 3 is 0.960 bits per heavy atom. The number of benzene rings is 5. The van der Waals surface area contributed by atoms with Crippen molar-refractivity contribution >= 4 is 0 Å². The predicted octanol–water partition coefficient (Wildman–Crippen LogP) is 14.8. The van der Waals surface area contributed by atoms with Crippen LogP contribution in [0.2, 0.25) is 0 Å². The normalized spacial score (nSPS) is 13.1. The van der Waals surface area contributed by atoms with Gasteiger partial charge in [0.2, 0.25) is 0 Å². The second-order valence-electron chi connectivity index (χ2n) is 19.6. The highest BCUT2D eigenvalue weighted by atomic mass is 14.3. The van der Waals surface area contributed by atoms with Crippen LogP contribution in [0.25, 0.3) is 44.5 Å². The Hall–Kier alpha value is -3.90. The minimum Gasteiger partial charge on any atom is -0.0619 e. The van der Waals surface area contributed by atoms with Gasteiger partial charge in [0.15, 0.2) is 0 Å². The average Bonchev–Trinajstić information content (AvgIpc) is 3.02. The van der Waals surface area contributed by atoms with Crippen molar-refractivity contribution in [2.24, 2.45) is 0 Å². The Labute approximate surface area is 305 Å². The molecule has 0 bridgehead atoms. The minimum atomic E-state index is -0.0441. The lowest BCUT2D eigenvalue weighted by atomic mass is 9.73. The van der Waals surface area contributed by atoms with E-state index in [0.29, 0.717) is 0 Å². The van der Waals surface area contributed by atoms with Crippen LogP contribution in [0.5, 0.6) is 0 Å². The lowest BCUT2D eigenvalue weighted by Crippen LogP contribution is -2.17. The summed E-state index contributed by atoms with van der Waals surface area (Å²) in [4.78, 5) is 0. The first-order chi connectivity index (χ1) is 23.0. The second kappa shape index (κ2) is 13.0. The van der Waals surface area contributed by atoms with Gasteiger partial charge in [0.05, 0.1) is 0 Å². The summed E-state index contributed by atoms with van der Waals surface area (Å²) in [6, 6.07) is 39.7. The Morgan fingerprint density at radius 2 is 0.600 bits per heavy atom. The molecule has 5 aromatic rings. The lowest BCUT2D eigenvalue weighted by Gasteiger charge is -2.31. The summed E-state index contributed by atoms with van der Waals surface area (Å²) in [6.07, 6.45) is 0. The lowest BCUT2D eigenvalue weighted by molar-refractivity contribution is 0.569. The molecule has 0 aliphatic heterocycles. The summed E-state index contributed by atoms with van der Waals surface area (Å²) in [5.41, 5.74) is 17.1. The summed E-state index contributed by atoms with van der Waals surface area (Å²) in [5.74, 6) is 0. The van der Waals surface area contributed by atoms with Gasteiger partial charge in [-0.3, -0.25) is 0 Å². The minimum absolute atomic E-state index is 0.0208. The van der Waals surface area contributed by atoms with Crippen LogP contribution in [0.1, 0.15) is 132 Å². The molecule has 0 fully saturated rings. The zero-order chi connectivity index (χ0) is 37.0.